The van der Waals surface area contributed by atoms with E-state index < -0.39 is 6.04 Å². The Morgan fingerprint density at radius 3 is 1.82 bits per heavy atom. The molecule has 3 aromatic rings. The summed E-state index contributed by atoms with van der Waals surface area (Å²) in [5, 5.41) is 13.2. The van der Waals surface area contributed by atoms with Crippen LogP contribution in [0.3, 0.4) is 0 Å². The van der Waals surface area contributed by atoms with Gasteiger partial charge in [-0.3, -0.25) is 5.32 Å². The molecule has 0 saturated heterocycles. The summed E-state index contributed by atoms with van der Waals surface area (Å²) in [7, 11) is 4.04. The summed E-state index contributed by atoms with van der Waals surface area (Å²) in [4.78, 5) is 2.07. The first-order chi connectivity index (χ1) is 13.7. The number of anilines is 1. The van der Waals surface area contributed by atoms with Crippen molar-refractivity contribution < 1.29 is 0 Å². The van der Waals surface area contributed by atoms with Crippen molar-refractivity contribution in [2.75, 3.05) is 19.0 Å². The summed E-state index contributed by atoms with van der Waals surface area (Å²) >= 11 is 0. The molecule has 0 bridgehead atoms. The Bertz CT molecular complexity index is 884. The van der Waals surface area contributed by atoms with Gasteiger partial charge >= 0.3 is 0 Å². The summed E-state index contributed by atoms with van der Waals surface area (Å²) in [6.07, 6.45) is 3.91. The van der Waals surface area contributed by atoms with Crippen LogP contribution in [0.5, 0.6) is 0 Å². The molecule has 0 saturated carbocycles. The Hall–Kier alpha value is -3.35. The standard InChI is InChI=1S/C25H25N3/c1-28(2)24-17-14-20(15-18-24)13-16-23(19-26)27-25(21-9-5-3-6-10-21)22-11-7-4-8-12-22/h3-18,23,25,27H,1-2H3/b16-13+/t23-/m0/s1. The number of nitrogens with one attached hydrogen (secondary N) is 1. The molecule has 3 rings (SSSR count). The van der Waals surface area contributed by atoms with E-state index in [-0.39, 0.29) is 6.04 Å². The van der Waals surface area contributed by atoms with E-state index in [2.05, 4.69) is 64.8 Å². The predicted molar refractivity (Wildman–Crippen MR) is 117 cm³/mol. The van der Waals surface area contributed by atoms with Gasteiger partial charge in [0, 0.05) is 19.8 Å². The third-order valence-corrected chi connectivity index (χ3v) is 4.64. The van der Waals surface area contributed by atoms with E-state index in [1.165, 1.54) is 0 Å². The molecule has 0 aliphatic heterocycles. The highest BCUT2D eigenvalue weighted by atomic mass is 15.1. The number of nitrogens with zero attached hydrogens (tertiary/aromatic N) is 2. The van der Waals surface area contributed by atoms with Crippen molar-refractivity contribution >= 4 is 11.8 Å². The van der Waals surface area contributed by atoms with E-state index in [0.29, 0.717) is 0 Å². The van der Waals surface area contributed by atoms with E-state index in [1.807, 2.05) is 62.6 Å². The Balaban J connectivity index is 1.79. The lowest BCUT2D eigenvalue weighted by Gasteiger charge is -2.21. The first-order valence-corrected chi connectivity index (χ1v) is 9.38. The van der Waals surface area contributed by atoms with E-state index in [1.54, 1.807) is 0 Å². The zero-order valence-corrected chi connectivity index (χ0v) is 16.3. The van der Waals surface area contributed by atoms with E-state index >= 15 is 0 Å². The van der Waals surface area contributed by atoms with Crippen LogP contribution in [0.1, 0.15) is 22.7 Å². The van der Waals surface area contributed by atoms with Crippen LogP contribution < -0.4 is 10.2 Å². The van der Waals surface area contributed by atoms with Crippen molar-refractivity contribution in [2.24, 2.45) is 0 Å². The highest BCUT2D eigenvalue weighted by Crippen LogP contribution is 2.22. The van der Waals surface area contributed by atoms with Crippen LogP contribution in [0.15, 0.2) is 91.0 Å². The molecule has 1 N–H and O–H groups in total. The van der Waals surface area contributed by atoms with Gasteiger partial charge in [-0.2, -0.15) is 5.26 Å². The second-order valence-corrected chi connectivity index (χ2v) is 6.87. The molecular formula is C25H25N3. The molecule has 3 aromatic carbocycles. The summed E-state index contributed by atoms with van der Waals surface area (Å²) in [6.45, 7) is 0. The highest BCUT2D eigenvalue weighted by Gasteiger charge is 2.16. The topological polar surface area (TPSA) is 39.1 Å². The fourth-order valence-electron chi connectivity index (χ4n) is 3.08. The van der Waals surface area contributed by atoms with Gasteiger partial charge in [-0.1, -0.05) is 84.9 Å². The summed E-state index contributed by atoms with van der Waals surface area (Å²) < 4.78 is 0. The lowest BCUT2D eigenvalue weighted by molar-refractivity contribution is 0.600. The minimum atomic E-state index is -0.404. The molecule has 0 radical (unpaired) electrons. The molecule has 0 heterocycles. The molecule has 0 aliphatic rings. The second kappa shape index (κ2) is 9.55. The number of hydrogen-bond donors (Lipinski definition) is 1. The van der Waals surface area contributed by atoms with Crippen molar-refractivity contribution in [1.82, 2.24) is 5.32 Å². The first-order valence-electron chi connectivity index (χ1n) is 9.38. The van der Waals surface area contributed by atoms with Gasteiger partial charge in [0.05, 0.1) is 12.1 Å². The Kier molecular flexibility index (Phi) is 6.62. The smallest absolute Gasteiger partial charge is 0.115 e. The molecule has 0 unspecified atom stereocenters. The minimum Gasteiger partial charge on any atom is -0.378 e. The molecule has 0 amide bonds. The monoisotopic (exact) mass is 367 g/mol. The van der Waals surface area contributed by atoms with Gasteiger partial charge in [0.2, 0.25) is 0 Å². The average Bonchev–Trinajstić information content (AvgIpc) is 2.75. The maximum Gasteiger partial charge on any atom is 0.115 e. The SMILES string of the molecule is CN(C)c1ccc(/C=C/[C@@H](C#N)NC(c2ccccc2)c2ccccc2)cc1. The normalized spacial score (nSPS) is 12.1. The van der Waals surface area contributed by atoms with Crippen LogP contribution in [0, 0.1) is 11.3 Å². The van der Waals surface area contributed by atoms with E-state index in [4.69, 9.17) is 0 Å². The number of benzene rings is 3. The predicted octanol–water partition coefficient (Wildman–Crippen LogP) is 5.04. The van der Waals surface area contributed by atoms with Crippen molar-refractivity contribution in [1.29, 1.82) is 5.26 Å². The zero-order chi connectivity index (χ0) is 19.8. The molecule has 1 atom stereocenters. The second-order valence-electron chi connectivity index (χ2n) is 6.87. The van der Waals surface area contributed by atoms with Crippen molar-refractivity contribution in [3.8, 4) is 6.07 Å². The number of hydrogen-bond acceptors (Lipinski definition) is 3. The maximum atomic E-state index is 9.69. The average molecular weight is 367 g/mol. The van der Waals surface area contributed by atoms with Crippen molar-refractivity contribution in [2.45, 2.75) is 12.1 Å². The van der Waals surface area contributed by atoms with Gasteiger partial charge in [0.25, 0.3) is 0 Å². The first kappa shape index (κ1) is 19.4. The minimum absolute atomic E-state index is 0.0483. The van der Waals surface area contributed by atoms with Crippen LogP contribution in [0.4, 0.5) is 5.69 Å². The molecule has 0 spiro atoms. The fourth-order valence-corrected chi connectivity index (χ4v) is 3.08. The number of rotatable bonds is 7. The van der Waals surface area contributed by atoms with Gasteiger partial charge in [0.1, 0.15) is 6.04 Å². The van der Waals surface area contributed by atoms with Crippen LogP contribution in [0.2, 0.25) is 0 Å². The molecule has 0 aliphatic carbocycles. The summed E-state index contributed by atoms with van der Waals surface area (Å²) in [5.74, 6) is 0. The number of nitriles is 1. The van der Waals surface area contributed by atoms with Crippen LogP contribution >= 0.6 is 0 Å². The zero-order valence-electron chi connectivity index (χ0n) is 16.3. The Labute approximate surface area is 167 Å². The van der Waals surface area contributed by atoms with Crippen molar-refractivity contribution in [3.05, 3.63) is 108 Å². The third kappa shape index (κ3) is 5.09. The Morgan fingerprint density at radius 2 is 1.36 bits per heavy atom. The molecule has 3 nitrogen and oxygen atoms in total. The van der Waals surface area contributed by atoms with E-state index in [0.717, 1.165) is 22.4 Å². The quantitative estimate of drug-likeness (QED) is 0.636. The van der Waals surface area contributed by atoms with Crippen LogP contribution in [-0.4, -0.2) is 20.1 Å². The van der Waals surface area contributed by atoms with Gasteiger partial charge in [-0.05, 0) is 28.8 Å². The Morgan fingerprint density at radius 1 is 0.821 bits per heavy atom. The third-order valence-electron chi connectivity index (χ3n) is 4.64. The molecule has 0 aromatic heterocycles. The van der Waals surface area contributed by atoms with Gasteiger partial charge in [-0.15, -0.1) is 0 Å². The highest BCUT2D eigenvalue weighted by molar-refractivity contribution is 5.56. The van der Waals surface area contributed by atoms with Gasteiger partial charge in [0.15, 0.2) is 0 Å². The van der Waals surface area contributed by atoms with Crippen LogP contribution in [-0.2, 0) is 0 Å². The fraction of sp³-hybridized carbons (Fsp3) is 0.160. The summed E-state index contributed by atoms with van der Waals surface area (Å²) in [6, 6.07) is 30.6. The lowest BCUT2D eigenvalue weighted by Crippen LogP contribution is -2.31. The van der Waals surface area contributed by atoms with E-state index in [9.17, 15) is 5.26 Å². The summed E-state index contributed by atoms with van der Waals surface area (Å²) in [5.41, 5.74) is 4.50. The molecular weight excluding hydrogens is 342 g/mol. The van der Waals surface area contributed by atoms with Crippen LogP contribution in [0.25, 0.3) is 6.08 Å². The van der Waals surface area contributed by atoms with Gasteiger partial charge < -0.3 is 4.90 Å². The van der Waals surface area contributed by atoms with Gasteiger partial charge in [-0.25, -0.2) is 0 Å². The maximum absolute atomic E-state index is 9.69. The molecule has 28 heavy (non-hydrogen) atoms. The largest absolute Gasteiger partial charge is 0.378 e. The lowest BCUT2D eigenvalue weighted by atomic mass is 9.98. The molecule has 3 heteroatoms. The molecule has 0 fully saturated rings. The van der Waals surface area contributed by atoms with Crippen molar-refractivity contribution in [3.63, 3.8) is 0 Å². The molecule has 140 valence electrons.